The number of rotatable bonds is 6. The van der Waals surface area contributed by atoms with E-state index >= 15 is 0 Å². The van der Waals surface area contributed by atoms with E-state index in [2.05, 4.69) is 10.6 Å². The molecule has 1 saturated heterocycles. The SMILES string of the molecule is CCNC(=O)CCNC1CC(=O)N(CC)C1=O. The van der Waals surface area contributed by atoms with Crippen LogP contribution in [0, 0.1) is 0 Å². The molecule has 3 amide bonds. The summed E-state index contributed by atoms with van der Waals surface area (Å²) in [7, 11) is 0. The lowest BCUT2D eigenvalue weighted by Gasteiger charge is -2.12. The van der Waals surface area contributed by atoms with Crippen molar-refractivity contribution < 1.29 is 14.4 Å². The van der Waals surface area contributed by atoms with Crippen LogP contribution in [0.3, 0.4) is 0 Å². The summed E-state index contributed by atoms with van der Waals surface area (Å²) in [5.74, 6) is -0.384. The van der Waals surface area contributed by atoms with E-state index in [9.17, 15) is 14.4 Å². The van der Waals surface area contributed by atoms with Gasteiger partial charge in [-0.25, -0.2) is 0 Å². The molecule has 17 heavy (non-hydrogen) atoms. The zero-order chi connectivity index (χ0) is 12.8. The minimum atomic E-state index is -0.461. The maximum Gasteiger partial charge on any atom is 0.246 e. The van der Waals surface area contributed by atoms with Gasteiger partial charge in [0.25, 0.3) is 0 Å². The third kappa shape index (κ3) is 3.52. The predicted molar refractivity (Wildman–Crippen MR) is 62.1 cm³/mol. The molecule has 1 atom stereocenters. The van der Waals surface area contributed by atoms with Crippen molar-refractivity contribution in [1.29, 1.82) is 0 Å². The van der Waals surface area contributed by atoms with Gasteiger partial charge in [-0.2, -0.15) is 0 Å². The molecule has 0 spiro atoms. The van der Waals surface area contributed by atoms with Gasteiger partial charge in [-0.05, 0) is 13.8 Å². The molecule has 6 heteroatoms. The highest BCUT2D eigenvalue weighted by Crippen LogP contribution is 2.12. The summed E-state index contributed by atoms with van der Waals surface area (Å²) in [6.45, 7) is 5.04. The molecule has 0 saturated carbocycles. The molecule has 2 N–H and O–H groups in total. The highest BCUT2D eigenvalue weighted by atomic mass is 16.2. The fourth-order valence-electron chi connectivity index (χ4n) is 1.82. The normalized spacial score (nSPS) is 19.9. The molecule has 0 aromatic heterocycles. The van der Waals surface area contributed by atoms with Gasteiger partial charge in [0.1, 0.15) is 0 Å². The Labute approximate surface area is 101 Å². The van der Waals surface area contributed by atoms with Crippen molar-refractivity contribution in [2.75, 3.05) is 19.6 Å². The Morgan fingerprint density at radius 2 is 2.12 bits per heavy atom. The highest BCUT2D eigenvalue weighted by Gasteiger charge is 2.36. The fraction of sp³-hybridized carbons (Fsp3) is 0.727. The quantitative estimate of drug-likeness (QED) is 0.600. The molecule has 6 nitrogen and oxygen atoms in total. The van der Waals surface area contributed by atoms with Gasteiger partial charge in [-0.15, -0.1) is 0 Å². The molecule has 1 fully saturated rings. The van der Waals surface area contributed by atoms with Gasteiger partial charge in [-0.3, -0.25) is 19.3 Å². The summed E-state index contributed by atoms with van der Waals surface area (Å²) < 4.78 is 0. The second-order valence-electron chi connectivity index (χ2n) is 3.89. The Kier molecular flexibility index (Phi) is 5.09. The van der Waals surface area contributed by atoms with Crippen molar-refractivity contribution >= 4 is 17.7 Å². The number of carbonyl (C=O) groups is 3. The van der Waals surface area contributed by atoms with Crippen LogP contribution in [0.1, 0.15) is 26.7 Å². The average molecular weight is 241 g/mol. The third-order valence-corrected chi connectivity index (χ3v) is 2.68. The maximum atomic E-state index is 11.7. The van der Waals surface area contributed by atoms with Gasteiger partial charge >= 0.3 is 0 Å². The van der Waals surface area contributed by atoms with E-state index in [0.29, 0.717) is 26.1 Å². The zero-order valence-electron chi connectivity index (χ0n) is 10.3. The van der Waals surface area contributed by atoms with Crippen molar-refractivity contribution in [2.45, 2.75) is 32.7 Å². The molecule has 0 aromatic carbocycles. The van der Waals surface area contributed by atoms with E-state index < -0.39 is 6.04 Å². The first-order valence-corrected chi connectivity index (χ1v) is 5.94. The van der Waals surface area contributed by atoms with Gasteiger partial charge in [0.2, 0.25) is 17.7 Å². The average Bonchev–Trinajstić information content (AvgIpc) is 2.54. The second kappa shape index (κ2) is 6.34. The Hall–Kier alpha value is -1.43. The monoisotopic (exact) mass is 241 g/mol. The van der Waals surface area contributed by atoms with E-state index in [1.54, 1.807) is 6.92 Å². The number of carbonyl (C=O) groups excluding carboxylic acids is 3. The smallest absolute Gasteiger partial charge is 0.246 e. The van der Waals surface area contributed by atoms with Gasteiger partial charge in [0.05, 0.1) is 12.5 Å². The Balaban J connectivity index is 2.32. The number of likely N-dealkylation sites (N-methyl/N-ethyl adjacent to an activating group) is 1. The fourth-order valence-corrected chi connectivity index (χ4v) is 1.82. The van der Waals surface area contributed by atoms with E-state index in [1.807, 2.05) is 6.92 Å². The summed E-state index contributed by atoms with van der Waals surface area (Å²) in [5, 5.41) is 5.61. The first-order chi connectivity index (χ1) is 8.10. The third-order valence-electron chi connectivity index (χ3n) is 2.68. The number of imide groups is 1. The molecule has 0 aromatic rings. The van der Waals surface area contributed by atoms with Crippen LogP contribution in [-0.2, 0) is 14.4 Å². The zero-order valence-corrected chi connectivity index (χ0v) is 10.3. The van der Waals surface area contributed by atoms with Crippen molar-refractivity contribution in [1.82, 2.24) is 15.5 Å². The molecule has 1 unspecified atom stereocenters. The lowest BCUT2D eigenvalue weighted by molar-refractivity contribution is -0.138. The molecule has 1 aliphatic rings. The van der Waals surface area contributed by atoms with Crippen LogP contribution >= 0.6 is 0 Å². The van der Waals surface area contributed by atoms with Crippen LogP contribution in [0.2, 0.25) is 0 Å². The van der Waals surface area contributed by atoms with Crippen LogP contribution in [0.15, 0.2) is 0 Å². The molecule has 0 aliphatic carbocycles. The number of hydrogen-bond donors (Lipinski definition) is 2. The lowest BCUT2D eigenvalue weighted by atomic mass is 10.2. The van der Waals surface area contributed by atoms with E-state index in [-0.39, 0.29) is 24.1 Å². The summed E-state index contributed by atoms with van der Waals surface area (Å²) in [5.41, 5.74) is 0. The Morgan fingerprint density at radius 3 is 2.65 bits per heavy atom. The van der Waals surface area contributed by atoms with Crippen molar-refractivity contribution in [3.63, 3.8) is 0 Å². The lowest BCUT2D eigenvalue weighted by Crippen LogP contribution is -2.40. The number of amides is 3. The van der Waals surface area contributed by atoms with E-state index in [0.717, 1.165) is 0 Å². The summed E-state index contributed by atoms with van der Waals surface area (Å²) >= 11 is 0. The van der Waals surface area contributed by atoms with Crippen LogP contribution < -0.4 is 10.6 Å². The summed E-state index contributed by atoms with van der Waals surface area (Å²) in [4.78, 5) is 35.5. The Morgan fingerprint density at radius 1 is 1.41 bits per heavy atom. The molecular formula is C11H19N3O3. The highest BCUT2D eigenvalue weighted by molar-refractivity contribution is 6.05. The van der Waals surface area contributed by atoms with E-state index in [4.69, 9.17) is 0 Å². The molecule has 0 bridgehead atoms. The van der Waals surface area contributed by atoms with Crippen LogP contribution in [0.5, 0.6) is 0 Å². The minimum absolute atomic E-state index is 0.0517. The van der Waals surface area contributed by atoms with Gasteiger partial charge in [0, 0.05) is 26.1 Å². The summed E-state index contributed by atoms with van der Waals surface area (Å²) in [6, 6.07) is -0.461. The maximum absolute atomic E-state index is 11.7. The molecule has 96 valence electrons. The van der Waals surface area contributed by atoms with Crippen LogP contribution in [0.4, 0.5) is 0 Å². The summed E-state index contributed by atoms with van der Waals surface area (Å²) in [6.07, 6.45) is 0.514. The first kappa shape index (κ1) is 13.6. The Bertz CT molecular complexity index is 317. The first-order valence-electron chi connectivity index (χ1n) is 5.94. The van der Waals surface area contributed by atoms with E-state index in [1.165, 1.54) is 4.90 Å². The van der Waals surface area contributed by atoms with Crippen molar-refractivity contribution in [2.24, 2.45) is 0 Å². The molecule has 1 heterocycles. The van der Waals surface area contributed by atoms with Crippen molar-refractivity contribution in [3.05, 3.63) is 0 Å². The van der Waals surface area contributed by atoms with Gasteiger partial charge in [-0.1, -0.05) is 0 Å². The van der Waals surface area contributed by atoms with Crippen LogP contribution in [-0.4, -0.2) is 48.3 Å². The van der Waals surface area contributed by atoms with Crippen molar-refractivity contribution in [3.8, 4) is 0 Å². The largest absolute Gasteiger partial charge is 0.356 e. The number of nitrogens with one attached hydrogen (secondary N) is 2. The number of nitrogens with zero attached hydrogens (tertiary/aromatic N) is 1. The molecule has 0 radical (unpaired) electrons. The molecule has 1 aliphatic heterocycles. The number of hydrogen-bond acceptors (Lipinski definition) is 4. The number of likely N-dealkylation sites (tertiary alicyclic amines) is 1. The second-order valence-corrected chi connectivity index (χ2v) is 3.89. The van der Waals surface area contributed by atoms with Gasteiger partial charge < -0.3 is 10.6 Å². The standard InChI is InChI=1S/C11H19N3O3/c1-3-12-9(15)5-6-13-8-7-10(16)14(4-2)11(8)17/h8,13H,3-7H2,1-2H3,(H,12,15). The minimum Gasteiger partial charge on any atom is -0.356 e. The predicted octanol–water partition coefficient (Wildman–Crippen LogP) is -0.750. The van der Waals surface area contributed by atoms with Crippen LogP contribution in [0.25, 0.3) is 0 Å². The molecule has 1 rings (SSSR count). The molecular weight excluding hydrogens is 222 g/mol. The van der Waals surface area contributed by atoms with Gasteiger partial charge in [0.15, 0.2) is 0 Å². The topological polar surface area (TPSA) is 78.5 Å².